The number of halogens is 2. The van der Waals surface area contributed by atoms with Crippen molar-refractivity contribution in [1.29, 1.82) is 0 Å². The van der Waals surface area contributed by atoms with Crippen molar-refractivity contribution in [3.05, 3.63) is 53.6 Å². The van der Waals surface area contributed by atoms with Crippen LogP contribution in [-0.2, 0) is 10.0 Å². The molecule has 0 heterocycles. The van der Waals surface area contributed by atoms with Crippen molar-refractivity contribution >= 4 is 21.5 Å². The van der Waals surface area contributed by atoms with E-state index in [1.807, 2.05) is 4.72 Å². The molecule has 0 atom stereocenters. The summed E-state index contributed by atoms with van der Waals surface area (Å²) in [5, 5.41) is 0. The molecule has 0 aliphatic heterocycles. The molecule has 0 bridgehead atoms. The van der Waals surface area contributed by atoms with Crippen molar-refractivity contribution in [2.75, 3.05) is 11.8 Å². The molecule has 0 radical (unpaired) electrons. The lowest BCUT2D eigenvalue weighted by Gasteiger charge is -2.11. The largest absolute Gasteiger partial charge is 0.497 e. The minimum Gasteiger partial charge on any atom is -0.497 e. The van der Waals surface area contributed by atoms with Crippen LogP contribution >= 0.6 is 0 Å². The van der Waals surface area contributed by atoms with E-state index >= 15 is 0 Å². The van der Waals surface area contributed by atoms with Crippen LogP contribution in [0.2, 0.25) is 0 Å². The molecule has 0 saturated heterocycles. The zero-order valence-corrected chi connectivity index (χ0v) is 13.1. The molecule has 0 spiro atoms. The molecule has 0 aliphatic carbocycles. The molecule has 2 rings (SSSR count). The third kappa shape index (κ3) is 3.65. The Morgan fingerprint density at radius 2 is 1.61 bits per heavy atom. The predicted octanol–water partition coefficient (Wildman–Crippen LogP) is 2.98. The van der Waals surface area contributed by atoms with Crippen molar-refractivity contribution in [2.45, 2.75) is 11.8 Å². The van der Waals surface area contributed by atoms with Gasteiger partial charge < -0.3 is 4.74 Å². The van der Waals surface area contributed by atoms with Gasteiger partial charge in [-0.1, -0.05) is 0 Å². The van der Waals surface area contributed by atoms with Gasteiger partial charge in [0.05, 0.1) is 12.0 Å². The van der Waals surface area contributed by atoms with Crippen LogP contribution in [0, 0.1) is 11.6 Å². The number of benzene rings is 2. The second kappa shape index (κ2) is 6.33. The van der Waals surface area contributed by atoms with Crippen LogP contribution < -0.4 is 9.46 Å². The maximum atomic E-state index is 13.9. The number of ketones is 1. The van der Waals surface area contributed by atoms with Crippen molar-refractivity contribution in [3.8, 4) is 5.75 Å². The van der Waals surface area contributed by atoms with Crippen molar-refractivity contribution in [1.82, 2.24) is 0 Å². The van der Waals surface area contributed by atoms with E-state index in [9.17, 15) is 22.0 Å². The summed E-state index contributed by atoms with van der Waals surface area (Å²) in [5.74, 6) is -2.45. The molecule has 23 heavy (non-hydrogen) atoms. The second-order valence-electron chi connectivity index (χ2n) is 4.65. The molecule has 0 aliphatic rings. The highest BCUT2D eigenvalue weighted by atomic mass is 32.2. The lowest BCUT2D eigenvalue weighted by atomic mass is 10.1. The Hall–Kier alpha value is -2.48. The Bertz CT molecular complexity index is 825. The monoisotopic (exact) mass is 341 g/mol. The second-order valence-corrected chi connectivity index (χ2v) is 6.33. The van der Waals surface area contributed by atoms with E-state index in [0.717, 1.165) is 19.1 Å². The zero-order chi connectivity index (χ0) is 17.2. The molecule has 0 fully saturated rings. The average Bonchev–Trinajstić information content (AvgIpc) is 2.50. The van der Waals surface area contributed by atoms with Gasteiger partial charge in [-0.15, -0.1) is 0 Å². The molecule has 122 valence electrons. The normalized spacial score (nSPS) is 11.1. The van der Waals surface area contributed by atoms with Crippen LogP contribution in [0.25, 0.3) is 0 Å². The zero-order valence-electron chi connectivity index (χ0n) is 12.3. The fraction of sp³-hybridized carbons (Fsp3) is 0.133. The number of ether oxygens (including phenoxy) is 1. The highest BCUT2D eigenvalue weighted by Crippen LogP contribution is 2.25. The van der Waals surface area contributed by atoms with Crippen LogP contribution in [0.5, 0.6) is 5.75 Å². The van der Waals surface area contributed by atoms with Gasteiger partial charge in [-0.3, -0.25) is 9.52 Å². The van der Waals surface area contributed by atoms with Gasteiger partial charge >= 0.3 is 0 Å². The summed E-state index contributed by atoms with van der Waals surface area (Å²) in [5.41, 5.74) is -1.03. The maximum absolute atomic E-state index is 13.9. The molecule has 0 aromatic heterocycles. The lowest BCUT2D eigenvalue weighted by molar-refractivity contribution is 0.101. The number of sulfonamides is 1. The lowest BCUT2D eigenvalue weighted by Crippen LogP contribution is -2.15. The Morgan fingerprint density at radius 1 is 1.09 bits per heavy atom. The van der Waals surface area contributed by atoms with Gasteiger partial charge in [0.1, 0.15) is 11.4 Å². The number of anilines is 1. The number of hydrogen-bond acceptors (Lipinski definition) is 4. The Morgan fingerprint density at radius 3 is 2.04 bits per heavy atom. The van der Waals surface area contributed by atoms with Crippen molar-refractivity contribution in [3.63, 3.8) is 0 Å². The van der Waals surface area contributed by atoms with E-state index in [1.54, 1.807) is 0 Å². The average molecular weight is 341 g/mol. The van der Waals surface area contributed by atoms with E-state index in [-0.39, 0.29) is 10.5 Å². The fourth-order valence-electron chi connectivity index (χ4n) is 1.82. The number of methoxy groups -OCH3 is 1. The number of Topliss-reactive ketones (excluding diaryl/α,β-unsaturated/α-hetero) is 1. The molecule has 8 heteroatoms. The molecular weight excluding hydrogens is 328 g/mol. The van der Waals surface area contributed by atoms with Crippen molar-refractivity contribution < 1.29 is 26.7 Å². The topological polar surface area (TPSA) is 72.5 Å². The van der Waals surface area contributed by atoms with Crippen LogP contribution in [0.15, 0.2) is 41.3 Å². The fourth-order valence-corrected chi connectivity index (χ4v) is 2.90. The summed E-state index contributed by atoms with van der Waals surface area (Å²) >= 11 is 0. The first-order valence-electron chi connectivity index (χ1n) is 6.41. The molecule has 1 N–H and O–H groups in total. The van der Waals surface area contributed by atoms with Crippen LogP contribution in [-0.4, -0.2) is 21.3 Å². The summed E-state index contributed by atoms with van der Waals surface area (Å²) < 4.78 is 58.9. The van der Waals surface area contributed by atoms with Gasteiger partial charge in [0.15, 0.2) is 17.4 Å². The number of hydrogen-bond donors (Lipinski definition) is 1. The minimum atomic E-state index is -4.19. The van der Waals surface area contributed by atoms with Gasteiger partial charge in [-0.05, 0) is 43.3 Å². The quantitative estimate of drug-likeness (QED) is 0.849. The third-order valence-electron chi connectivity index (χ3n) is 3.05. The number of carbonyl (C=O) groups excluding carboxylic acids is 1. The molecule has 5 nitrogen and oxygen atoms in total. The summed E-state index contributed by atoms with van der Waals surface area (Å²) in [6.45, 7) is 1.15. The van der Waals surface area contributed by atoms with E-state index < -0.39 is 33.1 Å². The Balaban J connectivity index is 2.38. The summed E-state index contributed by atoms with van der Waals surface area (Å²) in [4.78, 5) is 11.0. The highest BCUT2D eigenvalue weighted by Gasteiger charge is 2.20. The summed E-state index contributed by atoms with van der Waals surface area (Å²) in [6, 6.07) is 6.83. The number of nitrogens with one attached hydrogen (secondary N) is 1. The minimum absolute atomic E-state index is 0.187. The van der Waals surface area contributed by atoms with Gasteiger partial charge in [-0.2, -0.15) is 0 Å². The smallest absolute Gasteiger partial charge is 0.262 e. The maximum Gasteiger partial charge on any atom is 0.262 e. The molecule has 0 saturated carbocycles. The first-order chi connectivity index (χ1) is 10.7. The summed E-state index contributed by atoms with van der Waals surface area (Å²) in [6.07, 6.45) is 0. The Labute approximate surface area is 132 Å². The van der Waals surface area contributed by atoms with Crippen LogP contribution in [0.3, 0.4) is 0 Å². The first kappa shape index (κ1) is 16.9. The molecule has 0 unspecified atom stereocenters. The van der Waals surface area contributed by atoms with Gasteiger partial charge in [-0.25, -0.2) is 17.2 Å². The molecule has 2 aromatic carbocycles. The van der Waals surface area contributed by atoms with Crippen LogP contribution in [0.1, 0.15) is 17.3 Å². The van der Waals surface area contributed by atoms with E-state index in [0.29, 0.717) is 5.75 Å². The first-order valence-corrected chi connectivity index (χ1v) is 7.90. The van der Waals surface area contributed by atoms with E-state index in [4.69, 9.17) is 4.74 Å². The van der Waals surface area contributed by atoms with Crippen LogP contribution in [0.4, 0.5) is 14.5 Å². The van der Waals surface area contributed by atoms with E-state index in [1.165, 1.54) is 31.4 Å². The Kier molecular flexibility index (Phi) is 4.65. The molecule has 2 aromatic rings. The molecule has 0 amide bonds. The predicted molar refractivity (Wildman–Crippen MR) is 80.2 cm³/mol. The number of rotatable bonds is 5. The highest BCUT2D eigenvalue weighted by molar-refractivity contribution is 7.92. The number of carbonyl (C=O) groups is 1. The summed E-state index contributed by atoms with van der Waals surface area (Å²) in [7, 11) is -2.77. The van der Waals surface area contributed by atoms with Gasteiger partial charge in [0.25, 0.3) is 10.0 Å². The van der Waals surface area contributed by atoms with E-state index in [2.05, 4.69) is 0 Å². The van der Waals surface area contributed by atoms with Gasteiger partial charge in [0, 0.05) is 5.56 Å². The molecular formula is C15H13F2NO4S. The third-order valence-corrected chi connectivity index (χ3v) is 4.42. The van der Waals surface area contributed by atoms with Gasteiger partial charge in [0.2, 0.25) is 0 Å². The standard InChI is InChI=1S/C15H13F2NO4S/c1-9(19)10-7-13(16)15(14(17)8-10)18-23(20,21)12-5-3-11(22-2)4-6-12/h3-8,18H,1-2H3. The van der Waals surface area contributed by atoms with Crippen molar-refractivity contribution in [2.24, 2.45) is 0 Å². The SMILES string of the molecule is COc1ccc(S(=O)(=O)Nc2c(F)cc(C(C)=O)cc2F)cc1.